The Morgan fingerprint density at radius 3 is 2.36 bits per heavy atom. The molecular weight excluding hydrogens is 320 g/mol. The molecule has 0 radical (unpaired) electrons. The number of aromatic nitrogens is 2. The van der Waals surface area contributed by atoms with Gasteiger partial charge in [-0.1, -0.05) is 36.4 Å². The van der Waals surface area contributed by atoms with E-state index in [1.54, 1.807) is 18.0 Å². The Bertz CT molecular complexity index is 859. The largest absolute Gasteiger partial charge is 0.496 e. The highest BCUT2D eigenvalue weighted by Crippen LogP contribution is 2.22. The van der Waals surface area contributed by atoms with Crippen LogP contribution in [0.1, 0.15) is 16.1 Å². The van der Waals surface area contributed by atoms with Gasteiger partial charge in [-0.15, -0.1) is 0 Å². The van der Waals surface area contributed by atoms with Crippen LogP contribution in [0.15, 0.2) is 60.8 Å². The van der Waals surface area contributed by atoms with Crippen LogP contribution in [-0.2, 0) is 11.3 Å². The summed E-state index contributed by atoms with van der Waals surface area (Å²) in [6.45, 7) is 0.0875. The van der Waals surface area contributed by atoms with Crippen molar-refractivity contribution in [1.29, 1.82) is 0 Å². The van der Waals surface area contributed by atoms with Crippen molar-refractivity contribution in [2.75, 3.05) is 14.2 Å². The second kappa shape index (κ2) is 7.53. The lowest BCUT2D eigenvalue weighted by molar-refractivity contribution is 0.0459. The van der Waals surface area contributed by atoms with E-state index in [-0.39, 0.29) is 12.3 Å². The number of carbonyl (C=O) groups excluding carboxylic acids is 1. The molecule has 25 heavy (non-hydrogen) atoms. The fraction of sp³-hybridized carbons (Fsp3) is 0.158. The molecule has 2 aromatic carbocycles. The molecule has 0 saturated heterocycles. The highest BCUT2D eigenvalue weighted by atomic mass is 16.5. The second-order valence-electron chi connectivity index (χ2n) is 5.21. The summed E-state index contributed by atoms with van der Waals surface area (Å²) in [5, 5.41) is 4.29. The molecule has 6 nitrogen and oxygen atoms in total. The lowest BCUT2D eigenvalue weighted by atomic mass is 10.2. The summed E-state index contributed by atoms with van der Waals surface area (Å²) in [6, 6.07) is 16.8. The Morgan fingerprint density at radius 2 is 1.64 bits per heavy atom. The number of nitrogens with zero attached hydrogens (tertiary/aromatic N) is 2. The third-order valence-corrected chi connectivity index (χ3v) is 3.67. The average molecular weight is 338 g/mol. The summed E-state index contributed by atoms with van der Waals surface area (Å²) in [4.78, 5) is 12.4. The molecule has 0 spiro atoms. The highest BCUT2D eigenvalue weighted by Gasteiger charge is 2.20. The second-order valence-corrected chi connectivity index (χ2v) is 5.21. The van der Waals surface area contributed by atoms with Gasteiger partial charge < -0.3 is 14.2 Å². The predicted molar refractivity (Wildman–Crippen MR) is 92.2 cm³/mol. The van der Waals surface area contributed by atoms with Crippen molar-refractivity contribution in [1.82, 2.24) is 9.78 Å². The molecule has 1 heterocycles. The fourth-order valence-electron chi connectivity index (χ4n) is 2.40. The maximum atomic E-state index is 12.4. The van der Waals surface area contributed by atoms with Gasteiger partial charge in [-0.3, -0.25) is 0 Å². The molecule has 0 bridgehead atoms. The molecule has 0 unspecified atom stereocenters. The minimum absolute atomic E-state index is 0.0875. The maximum Gasteiger partial charge on any atom is 0.363 e. The first kappa shape index (κ1) is 16.6. The van der Waals surface area contributed by atoms with Crippen molar-refractivity contribution in [3.63, 3.8) is 0 Å². The Labute approximate surface area is 145 Å². The zero-order valence-corrected chi connectivity index (χ0v) is 14.0. The number of rotatable bonds is 6. The summed E-state index contributed by atoms with van der Waals surface area (Å²) in [5.41, 5.74) is 1.73. The normalized spacial score (nSPS) is 10.3. The van der Waals surface area contributed by atoms with E-state index < -0.39 is 5.97 Å². The van der Waals surface area contributed by atoms with Gasteiger partial charge in [-0.25, -0.2) is 9.48 Å². The molecule has 0 aliphatic heterocycles. The molecule has 3 aromatic rings. The van der Waals surface area contributed by atoms with Crippen LogP contribution >= 0.6 is 0 Å². The average Bonchev–Trinajstić information content (AvgIpc) is 3.11. The molecule has 1 aromatic heterocycles. The summed E-state index contributed by atoms with van der Waals surface area (Å²) in [5.74, 6) is 0.461. The molecule has 0 aliphatic carbocycles. The lowest BCUT2D eigenvalue weighted by Crippen LogP contribution is -2.09. The standard InChI is InChI=1S/C19H18N2O4/c1-23-16-11-7-6-8-14(16)13-25-19(22)18-17(24-2)12-21(20-18)15-9-4-3-5-10-15/h3-12H,13H2,1-2H3. The van der Waals surface area contributed by atoms with E-state index >= 15 is 0 Å². The van der Waals surface area contributed by atoms with E-state index in [2.05, 4.69) is 5.10 Å². The Kier molecular flexibility index (Phi) is 4.99. The van der Waals surface area contributed by atoms with Gasteiger partial charge in [-0.2, -0.15) is 5.10 Å². The van der Waals surface area contributed by atoms with E-state index in [0.717, 1.165) is 11.3 Å². The first-order valence-electron chi connectivity index (χ1n) is 7.71. The van der Waals surface area contributed by atoms with Gasteiger partial charge in [0, 0.05) is 5.56 Å². The Morgan fingerprint density at radius 1 is 0.960 bits per heavy atom. The molecule has 0 aliphatic rings. The van der Waals surface area contributed by atoms with Gasteiger partial charge in [0.2, 0.25) is 5.69 Å². The lowest BCUT2D eigenvalue weighted by Gasteiger charge is -2.08. The molecule has 3 rings (SSSR count). The number of methoxy groups -OCH3 is 2. The Balaban J connectivity index is 1.79. The molecular formula is C19H18N2O4. The van der Waals surface area contributed by atoms with Gasteiger partial charge >= 0.3 is 5.97 Å². The van der Waals surface area contributed by atoms with Crippen LogP contribution in [0.5, 0.6) is 11.5 Å². The summed E-state index contributed by atoms with van der Waals surface area (Å²) in [6.07, 6.45) is 1.65. The van der Waals surface area contributed by atoms with Crippen LogP contribution < -0.4 is 9.47 Å². The smallest absolute Gasteiger partial charge is 0.363 e. The fourth-order valence-corrected chi connectivity index (χ4v) is 2.40. The van der Waals surface area contributed by atoms with Gasteiger partial charge in [0.25, 0.3) is 0 Å². The van der Waals surface area contributed by atoms with E-state index in [1.807, 2.05) is 54.6 Å². The zero-order chi connectivity index (χ0) is 17.6. The number of hydrogen-bond acceptors (Lipinski definition) is 5. The summed E-state index contributed by atoms with van der Waals surface area (Å²) in [7, 11) is 3.06. The minimum atomic E-state index is -0.558. The SMILES string of the molecule is COc1ccccc1COC(=O)c1nn(-c2ccccc2)cc1OC. The van der Waals surface area contributed by atoms with Crippen molar-refractivity contribution in [3.8, 4) is 17.2 Å². The van der Waals surface area contributed by atoms with Crippen molar-refractivity contribution < 1.29 is 19.0 Å². The molecule has 0 fully saturated rings. The molecule has 128 valence electrons. The van der Waals surface area contributed by atoms with Crippen molar-refractivity contribution in [2.24, 2.45) is 0 Å². The van der Waals surface area contributed by atoms with Crippen LogP contribution in [0.2, 0.25) is 0 Å². The van der Waals surface area contributed by atoms with Crippen LogP contribution in [-0.4, -0.2) is 30.0 Å². The third kappa shape index (κ3) is 3.63. The van der Waals surface area contributed by atoms with Crippen molar-refractivity contribution in [3.05, 3.63) is 72.1 Å². The van der Waals surface area contributed by atoms with Crippen LogP contribution in [0.25, 0.3) is 5.69 Å². The van der Waals surface area contributed by atoms with Crippen LogP contribution in [0, 0.1) is 0 Å². The van der Waals surface area contributed by atoms with E-state index in [0.29, 0.717) is 11.5 Å². The number of ether oxygens (including phenoxy) is 3. The third-order valence-electron chi connectivity index (χ3n) is 3.67. The van der Waals surface area contributed by atoms with Crippen LogP contribution in [0.3, 0.4) is 0 Å². The predicted octanol–water partition coefficient (Wildman–Crippen LogP) is 3.25. The first-order chi connectivity index (χ1) is 12.2. The first-order valence-corrected chi connectivity index (χ1v) is 7.71. The van der Waals surface area contributed by atoms with Crippen molar-refractivity contribution >= 4 is 5.97 Å². The zero-order valence-electron chi connectivity index (χ0n) is 14.0. The maximum absolute atomic E-state index is 12.4. The highest BCUT2D eigenvalue weighted by molar-refractivity contribution is 5.90. The van der Waals surface area contributed by atoms with Gasteiger partial charge in [0.05, 0.1) is 26.1 Å². The quantitative estimate of drug-likeness (QED) is 0.646. The minimum Gasteiger partial charge on any atom is -0.496 e. The van der Waals surface area contributed by atoms with Crippen LogP contribution in [0.4, 0.5) is 0 Å². The molecule has 0 amide bonds. The van der Waals surface area contributed by atoms with E-state index in [4.69, 9.17) is 14.2 Å². The topological polar surface area (TPSA) is 62.6 Å². The van der Waals surface area contributed by atoms with E-state index in [9.17, 15) is 4.79 Å². The summed E-state index contributed by atoms with van der Waals surface area (Å²) >= 11 is 0. The molecule has 0 N–H and O–H groups in total. The number of hydrogen-bond donors (Lipinski definition) is 0. The number of esters is 1. The molecule has 0 saturated carbocycles. The van der Waals surface area contributed by atoms with Gasteiger partial charge in [0.15, 0.2) is 5.75 Å². The van der Waals surface area contributed by atoms with Gasteiger partial charge in [-0.05, 0) is 18.2 Å². The van der Waals surface area contributed by atoms with Crippen molar-refractivity contribution in [2.45, 2.75) is 6.61 Å². The molecule has 0 atom stereocenters. The number of carbonyl (C=O) groups is 1. The van der Waals surface area contributed by atoms with E-state index in [1.165, 1.54) is 7.11 Å². The Hall–Kier alpha value is -3.28. The number of benzene rings is 2. The van der Waals surface area contributed by atoms with Gasteiger partial charge in [0.1, 0.15) is 12.4 Å². The monoisotopic (exact) mass is 338 g/mol. The number of para-hydroxylation sites is 2. The molecule has 6 heteroatoms. The summed E-state index contributed by atoms with van der Waals surface area (Å²) < 4.78 is 17.5.